The topological polar surface area (TPSA) is 110 Å². The Labute approximate surface area is 133 Å². The van der Waals surface area contributed by atoms with Crippen LogP contribution in [0.1, 0.15) is 6.42 Å². The molecule has 0 aliphatic carbocycles. The van der Waals surface area contributed by atoms with Crippen LogP contribution in [-0.2, 0) is 11.3 Å². The van der Waals surface area contributed by atoms with Gasteiger partial charge in [-0.25, -0.2) is 0 Å². The largest absolute Gasteiger partial charge is 0.494 e. The average molecular weight is 317 g/mol. The third-order valence-corrected chi connectivity index (χ3v) is 3.05. The van der Waals surface area contributed by atoms with Crippen LogP contribution in [0.2, 0.25) is 0 Å². The van der Waals surface area contributed by atoms with Gasteiger partial charge in [0.2, 0.25) is 0 Å². The smallest absolute Gasteiger partial charge is 0.292 e. The van der Waals surface area contributed by atoms with Crippen molar-refractivity contribution in [3.8, 4) is 11.5 Å². The maximum atomic E-state index is 12.1. The number of aryl methyl sites for hydroxylation is 1. The van der Waals surface area contributed by atoms with Crippen molar-refractivity contribution in [3.63, 3.8) is 0 Å². The van der Waals surface area contributed by atoms with Gasteiger partial charge in [0, 0.05) is 18.4 Å². The Kier molecular flexibility index (Phi) is 5.62. The number of pyridine rings is 1. The summed E-state index contributed by atoms with van der Waals surface area (Å²) in [5.74, 6) is 0.201. The minimum Gasteiger partial charge on any atom is -0.494 e. The minimum atomic E-state index is -0.628. The van der Waals surface area contributed by atoms with Crippen LogP contribution in [0.25, 0.3) is 0 Å². The number of nitrogen functional groups attached to an aromatic ring is 1. The van der Waals surface area contributed by atoms with Gasteiger partial charge in [-0.3, -0.25) is 9.59 Å². The predicted molar refractivity (Wildman–Crippen MR) is 86.4 cm³/mol. The average Bonchev–Trinajstić information content (AvgIpc) is 2.53. The molecule has 2 rings (SSSR count). The van der Waals surface area contributed by atoms with Crippen molar-refractivity contribution in [2.24, 2.45) is 5.73 Å². The van der Waals surface area contributed by atoms with E-state index in [0.29, 0.717) is 25.3 Å². The highest BCUT2D eigenvalue weighted by atomic mass is 16.5. The van der Waals surface area contributed by atoms with Crippen molar-refractivity contribution in [2.75, 3.05) is 18.9 Å². The molecule has 0 spiro atoms. The monoisotopic (exact) mass is 317 g/mol. The first-order valence-corrected chi connectivity index (χ1v) is 7.15. The fourth-order valence-corrected chi connectivity index (χ4v) is 1.94. The van der Waals surface area contributed by atoms with Crippen LogP contribution in [0.15, 0.2) is 47.4 Å². The molecule has 0 saturated heterocycles. The number of amides is 1. The van der Waals surface area contributed by atoms with Gasteiger partial charge in [0.1, 0.15) is 5.75 Å². The van der Waals surface area contributed by atoms with Crippen LogP contribution in [-0.4, -0.2) is 23.7 Å². The van der Waals surface area contributed by atoms with E-state index < -0.39 is 5.91 Å². The SMILES string of the molecule is NC(=O)COc1cccn(CCCOc2ccc(N)cc2)c1=O. The normalized spacial score (nSPS) is 10.3. The van der Waals surface area contributed by atoms with Crippen LogP contribution >= 0.6 is 0 Å². The molecule has 1 aromatic carbocycles. The van der Waals surface area contributed by atoms with E-state index in [1.807, 2.05) is 0 Å². The molecule has 0 aliphatic heterocycles. The van der Waals surface area contributed by atoms with E-state index in [0.717, 1.165) is 5.75 Å². The molecule has 0 fully saturated rings. The Morgan fingerprint density at radius 3 is 2.57 bits per heavy atom. The number of benzene rings is 1. The maximum Gasteiger partial charge on any atom is 0.292 e. The van der Waals surface area contributed by atoms with Gasteiger partial charge < -0.3 is 25.5 Å². The first-order chi connectivity index (χ1) is 11.1. The molecule has 4 N–H and O–H groups in total. The number of anilines is 1. The van der Waals surface area contributed by atoms with Gasteiger partial charge in [0.25, 0.3) is 11.5 Å². The number of hydrogen-bond acceptors (Lipinski definition) is 5. The lowest BCUT2D eigenvalue weighted by atomic mass is 10.3. The maximum absolute atomic E-state index is 12.1. The number of hydrogen-bond donors (Lipinski definition) is 2. The lowest BCUT2D eigenvalue weighted by Crippen LogP contribution is -2.26. The second-order valence-electron chi connectivity index (χ2n) is 4.90. The summed E-state index contributed by atoms with van der Waals surface area (Å²) in [5, 5.41) is 0. The van der Waals surface area contributed by atoms with Gasteiger partial charge in [-0.1, -0.05) is 0 Å². The molecule has 0 bridgehead atoms. The van der Waals surface area contributed by atoms with Gasteiger partial charge in [-0.2, -0.15) is 0 Å². The second-order valence-corrected chi connectivity index (χ2v) is 4.90. The van der Waals surface area contributed by atoms with Crippen LogP contribution in [0, 0.1) is 0 Å². The molecule has 23 heavy (non-hydrogen) atoms. The molecule has 0 radical (unpaired) electrons. The van der Waals surface area contributed by atoms with Gasteiger partial charge in [0.05, 0.1) is 6.61 Å². The predicted octanol–water partition coefficient (Wildman–Crippen LogP) is 0.764. The van der Waals surface area contributed by atoms with Crippen LogP contribution in [0.3, 0.4) is 0 Å². The Hall–Kier alpha value is -2.96. The Balaban J connectivity index is 1.85. The summed E-state index contributed by atoms with van der Waals surface area (Å²) in [4.78, 5) is 22.8. The molecule has 0 atom stereocenters. The summed E-state index contributed by atoms with van der Waals surface area (Å²) < 4.78 is 12.1. The van der Waals surface area contributed by atoms with E-state index in [9.17, 15) is 9.59 Å². The van der Waals surface area contributed by atoms with Gasteiger partial charge in [-0.05, 0) is 42.8 Å². The van der Waals surface area contributed by atoms with Crippen molar-refractivity contribution >= 4 is 11.6 Å². The molecule has 0 saturated carbocycles. The lowest BCUT2D eigenvalue weighted by molar-refractivity contribution is -0.119. The summed E-state index contributed by atoms with van der Waals surface area (Å²) in [5.41, 5.74) is 11.0. The van der Waals surface area contributed by atoms with Crippen LogP contribution in [0.4, 0.5) is 5.69 Å². The zero-order chi connectivity index (χ0) is 16.7. The van der Waals surface area contributed by atoms with Crippen molar-refractivity contribution in [1.29, 1.82) is 0 Å². The number of aromatic nitrogens is 1. The molecule has 1 heterocycles. The number of rotatable bonds is 8. The van der Waals surface area contributed by atoms with E-state index in [1.54, 1.807) is 36.5 Å². The van der Waals surface area contributed by atoms with Gasteiger partial charge in [0.15, 0.2) is 12.4 Å². The van der Waals surface area contributed by atoms with E-state index in [2.05, 4.69) is 0 Å². The molecule has 122 valence electrons. The Morgan fingerprint density at radius 2 is 1.87 bits per heavy atom. The van der Waals surface area contributed by atoms with Crippen LogP contribution < -0.4 is 26.5 Å². The molecule has 2 aromatic rings. The number of ether oxygens (including phenoxy) is 2. The number of nitrogens with two attached hydrogens (primary N) is 2. The number of carbonyl (C=O) groups excluding carboxylic acids is 1. The summed E-state index contributed by atoms with van der Waals surface area (Å²) in [6.07, 6.45) is 2.30. The van der Waals surface area contributed by atoms with Crippen molar-refractivity contribution in [1.82, 2.24) is 4.57 Å². The highest BCUT2D eigenvalue weighted by Crippen LogP contribution is 2.13. The van der Waals surface area contributed by atoms with Crippen molar-refractivity contribution in [3.05, 3.63) is 52.9 Å². The standard InChI is InChI=1S/C16H19N3O4/c17-12-4-6-13(7-5-12)22-10-2-9-19-8-1-3-14(16(19)21)23-11-15(18)20/h1,3-8H,2,9-11,17H2,(H2,18,20). The quantitative estimate of drug-likeness (QED) is 0.552. The van der Waals surface area contributed by atoms with E-state index in [-0.39, 0.29) is 17.9 Å². The number of nitrogens with zero attached hydrogens (tertiary/aromatic N) is 1. The zero-order valence-corrected chi connectivity index (χ0v) is 12.6. The molecule has 1 amide bonds. The fraction of sp³-hybridized carbons (Fsp3) is 0.250. The molecule has 7 heteroatoms. The second kappa shape index (κ2) is 7.88. The van der Waals surface area contributed by atoms with E-state index >= 15 is 0 Å². The summed E-state index contributed by atoms with van der Waals surface area (Å²) in [6, 6.07) is 10.3. The highest BCUT2D eigenvalue weighted by Gasteiger charge is 2.05. The molecular formula is C16H19N3O4. The van der Waals surface area contributed by atoms with Crippen LogP contribution in [0.5, 0.6) is 11.5 Å². The molecule has 0 aliphatic rings. The third-order valence-electron chi connectivity index (χ3n) is 3.05. The minimum absolute atomic E-state index is 0.103. The number of primary amides is 1. The number of carbonyl (C=O) groups is 1. The van der Waals surface area contributed by atoms with Crippen molar-refractivity contribution < 1.29 is 14.3 Å². The molecular weight excluding hydrogens is 298 g/mol. The Morgan fingerprint density at radius 1 is 1.13 bits per heavy atom. The third kappa shape index (κ3) is 5.06. The summed E-state index contributed by atoms with van der Waals surface area (Å²) in [7, 11) is 0. The highest BCUT2D eigenvalue weighted by molar-refractivity contribution is 5.75. The zero-order valence-electron chi connectivity index (χ0n) is 12.6. The van der Waals surface area contributed by atoms with E-state index in [4.69, 9.17) is 20.9 Å². The molecule has 7 nitrogen and oxygen atoms in total. The van der Waals surface area contributed by atoms with Gasteiger partial charge >= 0.3 is 0 Å². The van der Waals surface area contributed by atoms with Gasteiger partial charge in [-0.15, -0.1) is 0 Å². The lowest BCUT2D eigenvalue weighted by Gasteiger charge is -2.09. The molecule has 1 aromatic heterocycles. The van der Waals surface area contributed by atoms with E-state index in [1.165, 1.54) is 10.6 Å². The first-order valence-electron chi connectivity index (χ1n) is 7.15. The first kappa shape index (κ1) is 16.4. The van der Waals surface area contributed by atoms with Crippen molar-refractivity contribution in [2.45, 2.75) is 13.0 Å². The fourth-order valence-electron chi connectivity index (χ4n) is 1.94. The summed E-state index contributed by atoms with van der Waals surface area (Å²) >= 11 is 0. The Bertz CT molecular complexity index is 710. The molecule has 0 unspecified atom stereocenters. The summed E-state index contributed by atoms with van der Waals surface area (Å²) in [6.45, 7) is 0.615.